The van der Waals surface area contributed by atoms with Crippen LogP contribution in [0.4, 0.5) is 4.39 Å². The second-order valence-electron chi connectivity index (χ2n) is 5.56. The first-order chi connectivity index (χ1) is 11.2. The number of hydrogen-bond donors (Lipinski definition) is 2. The Morgan fingerprint density at radius 1 is 1.35 bits per heavy atom. The second-order valence-corrected chi connectivity index (χ2v) is 6.53. The Morgan fingerprint density at radius 2 is 2.22 bits per heavy atom. The molecule has 1 aliphatic carbocycles. The zero-order valence-electron chi connectivity index (χ0n) is 12.2. The predicted molar refractivity (Wildman–Crippen MR) is 89.8 cm³/mol. The van der Waals surface area contributed by atoms with Gasteiger partial charge in [-0.25, -0.2) is 4.39 Å². The van der Waals surface area contributed by atoms with Gasteiger partial charge >= 0.3 is 0 Å². The fourth-order valence-electron chi connectivity index (χ4n) is 2.43. The highest BCUT2D eigenvalue weighted by Gasteiger charge is 2.26. The minimum Gasteiger partial charge on any atom is -0.349 e. The quantitative estimate of drug-likeness (QED) is 0.765. The van der Waals surface area contributed by atoms with Gasteiger partial charge in [-0.2, -0.15) is 5.10 Å². The molecule has 0 bridgehead atoms. The Kier molecular flexibility index (Phi) is 3.46. The summed E-state index contributed by atoms with van der Waals surface area (Å²) >= 11 is 1.59. The lowest BCUT2D eigenvalue weighted by molar-refractivity contribution is 0.0947. The molecule has 116 valence electrons. The van der Waals surface area contributed by atoms with Crippen LogP contribution in [0.2, 0.25) is 0 Å². The number of carbonyl (C=O) groups is 1. The first kappa shape index (κ1) is 14.1. The molecular weight excluding hydrogens is 313 g/mol. The number of carbonyl (C=O) groups excluding carboxylic acids is 1. The molecule has 4 rings (SSSR count). The zero-order valence-corrected chi connectivity index (χ0v) is 13.0. The van der Waals surface area contributed by atoms with Crippen LogP contribution >= 0.6 is 11.3 Å². The number of aromatic amines is 1. The maximum atomic E-state index is 14.8. The number of amides is 1. The maximum absolute atomic E-state index is 14.8. The van der Waals surface area contributed by atoms with E-state index in [4.69, 9.17) is 0 Å². The average Bonchev–Trinajstić information content (AvgIpc) is 3.04. The minimum atomic E-state index is -0.528. The molecule has 0 saturated heterocycles. The Balaban J connectivity index is 1.72. The SMILES string of the molecule is O=C(NC1CC1)c1ccc2[nH]nc(C=Cc3cccs3)c2c1F. The fourth-order valence-corrected chi connectivity index (χ4v) is 3.05. The maximum Gasteiger partial charge on any atom is 0.254 e. The predicted octanol–water partition coefficient (Wildman–Crippen LogP) is 3.83. The number of aromatic nitrogens is 2. The van der Waals surface area contributed by atoms with E-state index in [0.29, 0.717) is 16.6 Å². The van der Waals surface area contributed by atoms with Crippen LogP contribution in [-0.4, -0.2) is 22.1 Å². The lowest BCUT2D eigenvalue weighted by Gasteiger charge is -2.05. The van der Waals surface area contributed by atoms with E-state index >= 15 is 0 Å². The van der Waals surface area contributed by atoms with Crippen LogP contribution in [0.3, 0.4) is 0 Å². The molecule has 1 aromatic carbocycles. The van der Waals surface area contributed by atoms with Crippen molar-refractivity contribution in [3.05, 3.63) is 51.6 Å². The van der Waals surface area contributed by atoms with E-state index in [-0.39, 0.29) is 17.5 Å². The van der Waals surface area contributed by atoms with E-state index in [1.165, 1.54) is 6.07 Å². The van der Waals surface area contributed by atoms with E-state index in [9.17, 15) is 9.18 Å². The van der Waals surface area contributed by atoms with Crippen LogP contribution in [0, 0.1) is 5.82 Å². The number of rotatable bonds is 4. The van der Waals surface area contributed by atoms with E-state index in [1.807, 2.05) is 23.6 Å². The largest absolute Gasteiger partial charge is 0.349 e. The third-order valence-corrected chi connectivity index (χ3v) is 4.64. The summed E-state index contributed by atoms with van der Waals surface area (Å²) in [5, 5.41) is 12.1. The zero-order chi connectivity index (χ0) is 15.8. The summed E-state index contributed by atoms with van der Waals surface area (Å²) in [5.41, 5.74) is 1.14. The standard InChI is InChI=1S/C17H14FN3OS/c18-16-12(17(22)19-10-3-4-10)6-8-14-15(16)13(20-21-14)7-5-11-2-1-9-23-11/h1-2,5-10H,3-4H2,(H,19,22)(H,20,21). The lowest BCUT2D eigenvalue weighted by atomic mass is 10.1. The van der Waals surface area contributed by atoms with Gasteiger partial charge in [-0.1, -0.05) is 6.07 Å². The van der Waals surface area contributed by atoms with Gasteiger partial charge in [0.15, 0.2) is 0 Å². The third-order valence-electron chi connectivity index (χ3n) is 3.80. The second kappa shape index (κ2) is 5.62. The molecule has 2 heterocycles. The van der Waals surface area contributed by atoms with Crippen LogP contribution in [0.15, 0.2) is 29.6 Å². The number of nitrogens with one attached hydrogen (secondary N) is 2. The Labute approximate surface area is 136 Å². The number of benzene rings is 1. The van der Waals surface area contributed by atoms with Crippen molar-refractivity contribution in [2.75, 3.05) is 0 Å². The molecule has 0 unspecified atom stereocenters. The van der Waals surface area contributed by atoms with Gasteiger partial charge < -0.3 is 5.32 Å². The minimum absolute atomic E-state index is 0.0663. The van der Waals surface area contributed by atoms with Crippen LogP contribution in [0.5, 0.6) is 0 Å². The highest BCUT2D eigenvalue weighted by Crippen LogP contribution is 2.26. The molecule has 0 radical (unpaired) electrons. The number of hydrogen-bond acceptors (Lipinski definition) is 3. The number of thiophene rings is 1. The molecule has 6 heteroatoms. The van der Waals surface area contributed by atoms with Crippen molar-refractivity contribution in [2.45, 2.75) is 18.9 Å². The molecule has 0 aliphatic heterocycles. The Morgan fingerprint density at radius 3 is 2.96 bits per heavy atom. The molecule has 1 saturated carbocycles. The van der Waals surface area contributed by atoms with E-state index in [2.05, 4.69) is 15.5 Å². The van der Waals surface area contributed by atoms with Gasteiger partial charge in [-0.15, -0.1) is 11.3 Å². The highest BCUT2D eigenvalue weighted by molar-refractivity contribution is 7.10. The topological polar surface area (TPSA) is 57.8 Å². The van der Waals surface area contributed by atoms with Crippen molar-refractivity contribution in [3.63, 3.8) is 0 Å². The fraction of sp³-hybridized carbons (Fsp3) is 0.176. The van der Waals surface area contributed by atoms with Crippen molar-refractivity contribution in [2.24, 2.45) is 0 Å². The molecular formula is C17H14FN3OS. The van der Waals surface area contributed by atoms with Crippen LogP contribution in [0.1, 0.15) is 33.8 Å². The summed E-state index contributed by atoms with van der Waals surface area (Å²) in [4.78, 5) is 13.2. The monoisotopic (exact) mass is 327 g/mol. The van der Waals surface area contributed by atoms with Gasteiger partial charge in [0.05, 0.1) is 22.2 Å². The summed E-state index contributed by atoms with van der Waals surface area (Å²) in [7, 11) is 0. The first-order valence-electron chi connectivity index (χ1n) is 7.41. The Hall–Kier alpha value is -2.47. The molecule has 1 aliphatic rings. The molecule has 2 aromatic heterocycles. The lowest BCUT2D eigenvalue weighted by Crippen LogP contribution is -2.26. The molecule has 3 aromatic rings. The molecule has 1 amide bonds. The van der Waals surface area contributed by atoms with Crippen molar-refractivity contribution >= 4 is 40.3 Å². The molecule has 2 N–H and O–H groups in total. The third kappa shape index (κ3) is 2.77. The molecule has 4 nitrogen and oxygen atoms in total. The smallest absolute Gasteiger partial charge is 0.254 e. The van der Waals surface area contributed by atoms with Gasteiger partial charge in [0, 0.05) is 10.9 Å². The first-order valence-corrected chi connectivity index (χ1v) is 8.29. The van der Waals surface area contributed by atoms with Gasteiger partial charge in [0.1, 0.15) is 5.82 Å². The van der Waals surface area contributed by atoms with Crippen LogP contribution in [0.25, 0.3) is 23.1 Å². The molecule has 23 heavy (non-hydrogen) atoms. The number of nitrogens with zero attached hydrogens (tertiary/aromatic N) is 1. The van der Waals surface area contributed by atoms with Gasteiger partial charge in [0.25, 0.3) is 5.91 Å². The Bertz CT molecular complexity index is 894. The van der Waals surface area contributed by atoms with Crippen molar-refractivity contribution < 1.29 is 9.18 Å². The van der Waals surface area contributed by atoms with Crippen LogP contribution in [-0.2, 0) is 0 Å². The normalized spacial score (nSPS) is 14.7. The number of fused-ring (bicyclic) bond motifs is 1. The van der Waals surface area contributed by atoms with Crippen molar-refractivity contribution in [3.8, 4) is 0 Å². The summed E-state index contributed by atoms with van der Waals surface area (Å²) in [6.07, 6.45) is 5.58. The van der Waals surface area contributed by atoms with E-state index in [1.54, 1.807) is 23.5 Å². The molecule has 0 atom stereocenters. The van der Waals surface area contributed by atoms with Gasteiger partial charge in [0.2, 0.25) is 0 Å². The number of halogens is 1. The van der Waals surface area contributed by atoms with Crippen molar-refractivity contribution in [1.29, 1.82) is 0 Å². The summed E-state index contributed by atoms with van der Waals surface area (Å²) in [6, 6.07) is 7.31. The molecule has 0 spiro atoms. The number of H-pyrrole nitrogens is 1. The summed E-state index contributed by atoms with van der Waals surface area (Å²) in [5.74, 6) is -0.887. The molecule has 1 fully saturated rings. The van der Waals surface area contributed by atoms with Crippen LogP contribution < -0.4 is 5.32 Å². The summed E-state index contributed by atoms with van der Waals surface area (Å²) < 4.78 is 14.8. The average molecular weight is 327 g/mol. The van der Waals surface area contributed by atoms with Crippen molar-refractivity contribution in [1.82, 2.24) is 15.5 Å². The van der Waals surface area contributed by atoms with E-state index < -0.39 is 5.82 Å². The van der Waals surface area contributed by atoms with Gasteiger partial charge in [-0.3, -0.25) is 9.89 Å². The summed E-state index contributed by atoms with van der Waals surface area (Å²) in [6.45, 7) is 0. The van der Waals surface area contributed by atoms with E-state index in [0.717, 1.165) is 17.7 Å². The highest BCUT2D eigenvalue weighted by atomic mass is 32.1. The van der Waals surface area contributed by atoms with Gasteiger partial charge in [-0.05, 0) is 48.6 Å².